The van der Waals surface area contributed by atoms with Crippen LogP contribution in [0.1, 0.15) is 12.8 Å². The van der Waals surface area contributed by atoms with Gasteiger partial charge in [-0.25, -0.2) is 4.79 Å². The highest BCUT2D eigenvalue weighted by atomic mass is 16.7. The summed E-state index contributed by atoms with van der Waals surface area (Å²) in [5.41, 5.74) is 0.470. The number of rotatable bonds is 3. The lowest BCUT2D eigenvalue weighted by atomic mass is 9.57. The lowest BCUT2D eigenvalue weighted by molar-refractivity contribution is -0.265. The highest BCUT2D eigenvalue weighted by Crippen LogP contribution is 2.53. The predicted octanol–water partition coefficient (Wildman–Crippen LogP) is 0.699. The number of esters is 1. The first-order valence-corrected chi connectivity index (χ1v) is 7.17. The van der Waals surface area contributed by atoms with Gasteiger partial charge in [-0.2, -0.15) is 0 Å². The first kappa shape index (κ1) is 14.7. The molecule has 0 N–H and O–H groups in total. The molecule has 2 bridgehead atoms. The van der Waals surface area contributed by atoms with Crippen molar-refractivity contribution >= 4 is 11.8 Å². The van der Waals surface area contributed by atoms with Crippen LogP contribution < -0.4 is 0 Å². The third kappa shape index (κ3) is 1.82. The third-order valence-corrected chi connectivity index (χ3v) is 4.97. The molecule has 6 nitrogen and oxygen atoms in total. The van der Waals surface area contributed by atoms with Crippen LogP contribution in [-0.4, -0.2) is 51.6 Å². The Morgan fingerprint density at radius 3 is 2.67 bits per heavy atom. The quantitative estimate of drug-likeness (QED) is 0.564. The first-order valence-electron chi connectivity index (χ1n) is 7.17. The fraction of sp³-hybridized carbons (Fsp3) is 0.733. The van der Waals surface area contributed by atoms with Gasteiger partial charge in [0.25, 0.3) is 0 Å². The molecule has 0 spiro atoms. The molecule has 0 aromatic rings. The number of hydrogen-bond acceptors (Lipinski definition) is 6. The van der Waals surface area contributed by atoms with Crippen molar-refractivity contribution in [2.75, 3.05) is 27.9 Å². The van der Waals surface area contributed by atoms with E-state index < -0.39 is 23.6 Å². The number of Topliss-reactive ketones (excluding diaryl/α,β-unsaturated/α-hetero) is 1. The lowest BCUT2D eigenvalue weighted by Crippen LogP contribution is -2.67. The molecule has 2 fully saturated rings. The predicted molar refractivity (Wildman–Crippen MR) is 71.3 cm³/mol. The summed E-state index contributed by atoms with van der Waals surface area (Å²) >= 11 is 0. The number of carbonyl (C=O) groups is 2. The summed E-state index contributed by atoms with van der Waals surface area (Å²) in [4.78, 5) is 24.9. The minimum atomic E-state index is -1.41. The van der Waals surface area contributed by atoms with Crippen molar-refractivity contribution in [1.29, 1.82) is 0 Å². The molecule has 0 aromatic carbocycles. The second kappa shape index (κ2) is 5.19. The third-order valence-electron chi connectivity index (χ3n) is 4.97. The van der Waals surface area contributed by atoms with E-state index in [4.69, 9.17) is 18.9 Å². The molecule has 0 radical (unpaired) electrons. The van der Waals surface area contributed by atoms with E-state index in [1.165, 1.54) is 21.3 Å². The number of carbonyl (C=O) groups excluding carboxylic acids is 2. The van der Waals surface area contributed by atoms with Crippen LogP contribution in [-0.2, 0) is 28.5 Å². The smallest absolute Gasteiger partial charge is 0.333 e. The molecule has 1 heterocycles. The minimum absolute atomic E-state index is 0.0282. The molecular formula is C15H20O6. The van der Waals surface area contributed by atoms with Gasteiger partial charge in [-0.3, -0.25) is 4.79 Å². The Balaban J connectivity index is 2.12. The second-order valence-corrected chi connectivity index (χ2v) is 5.70. The van der Waals surface area contributed by atoms with Gasteiger partial charge in [-0.1, -0.05) is 6.08 Å². The van der Waals surface area contributed by atoms with E-state index in [9.17, 15) is 9.59 Å². The number of ketones is 1. The largest absolute Gasteiger partial charge is 0.466 e. The molecule has 0 aromatic heterocycles. The summed E-state index contributed by atoms with van der Waals surface area (Å²) < 4.78 is 21.6. The van der Waals surface area contributed by atoms with Crippen LogP contribution in [0, 0.1) is 17.8 Å². The molecule has 3 aliphatic carbocycles. The number of hydrogen-bond donors (Lipinski definition) is 0. The Kier molecular flexibility index (Phi) is 3.63. The van der Waals surface area contributed by atoms with Crippen molar-refractivity contribution in [2.24, 2.45) is 17.8 Å². The average Bonchev–Trinajstić information content (AvgIpc) is 2.55. The molecule has 21 heavy (non-hydrogen) atoms. The Morgan fingerprint density at radius 2 is 2.05 bits per heavy atom. The van der Waals surface area contributed by atoms with E-state index in [0.717, 1.165) is 12.8 Å². The zero-order chi connectivity index (χ0) is 15.2. The van der Waals surface area contributed by atoms with E-state index in [0.29, 0.717) is 12.2 Å². The van der Waals surface area contributed by atoms with Crippen molar-refractivity contribution in [3.8, 4) is 0 Å². The van der Waals surface area contributed by atoms with Crippen LogP contribution in [0.15, 0.2) is 11.6 Å². The highest BCUT2D eigenvalue weighted by molar-refractivity contribution is 6.00. The van der Waals surface area contributed by atoms with Crippen LogP contribution in [0.25, 0.3) is 0 Å². The number of fused-ring (bicyclic) bond motifs is 1. The van der Waals surface area contributed by atoms with Crippen molar-refractivity contribution in [3.05, 3.63) is 11.6 Å². The van der Waals surface area contributed by atoms with E-state index >= 15 is 0 Å². The topological polar surface area (TPSA) is 71.1 Å². The summed E-state index contributed by atoms with van der Waals surface area (Å²) in [5, 5.41) is 0. The first-order chi connectivity index (χ1) is 10.1. The molecule has 116 valence electrons. The molecule has 0 amide bonds. The monoisotopic (exact) mass is 296 g/mol. The maximum Gasteiger partial charge on any atom is 0.333 e. The van der Waals surface area contributed by atoms with E-state index in [2.05, 4.69) is 0 Å². The Hall–Kier alpha value is -1.24. The summed E-state index contributed by atoms with van der Waals surface area (Å²) in [7, 11) is 4.22. The van der Waals surface area contributed by atoms with Gasteiger partial charge < -0.3 is 18.9 Å². The summed E-state index contributed by atoms with van der Waals surface area (Å²) in [6.07, 6.45) is 3.27. The van der Waals surface area contributed by atoms with Gasteiger partial charge in [0, 0.05) is 26.4 Å². The molecule has 1 saturated heterocycles. The Morgan fingerprint density at radius 1 is 1.33 bits per heavy atom. The molecule has 4 rings (SSSR count). The summed E-state index contributed by atoms with van der Waals surface area (Å²) in [6, 6.07) is 0. The van der Waals surface area contributed by atoms with E-state index in [1.54, 1.807) is 6.08 Å². The summed E-state index contributed by atoms with van der Waals surface area (Å²) in [6.45, 7) is 0.645. The Labute approximate surface area is 123 Å². The van der Waals surface area contributed by atoms with Crippen LogP contribution in [0.3, 0.4) is 0 Å². The van der Waals surface area contributed by atoms with Crippen LogP contribution in [0.4, 0.5) is 0 Å². The molecular weight excluding hydrogens is 276 g/mol. The van der Waals surface area contributed by atoms with Crippen LogP contribution in [0.5, 0.6) is 0 Å². The Bertz CT molecular complexity index is 492. The SMILES string of the molecule is COC(=O)C1=CC2C(=O)C(OC)(OC)C1C1CCCOC21. The van der Waals surface area contributed by atoms with Gasteiger partial charge in [0.05, 0.1) is 25.0 Å². The normalized spacial score (nSPS) is 36.9. The van der Waals surface area contributed by atoms with E-state index in [-0.39, 0.29) is 17.8 Å². The van der Waals surface area contributed by atoms with Gasteiger partial charge in [-0.05, 0) is 18.8 Å². The molecule has 4 atom stereocenters. The fourth-order valence-corrected chi connectivity index (χ4v) is 4.12. The van der Waals surface area contributed by atoms with E-state index in [1.807, 2.05) is 0 Å². The van der Waals surface area contributed by atoms with Gasteiger partial charge in [0.2, 0.25) is 11.6 Å². The molecule has 4 aliphatic rings. The molecule has 1 aliphatic heterocycles. The lowest BCUT2D eigenvalue weighted by Gasteiger charge is -2.55. The average molecular weight is 296 g/mol. The zero-order valence-corrected chi connectivity index (χ0v) is 12.5. The maximum absolute atomic E-state index is 12.8. The van der Waals surface area contributed by atoms with Crippen molar-refractivity contribution in [2.45, 2.75) is 24.7 Å². The van der Waals surface area contributed by atoms with Crippen molar-refractivity contribution < 1.29 is 28.5 Å². The van der Waals surface area contributed by atoms with Gasteiger partial charge >= 0.3 is 5.97 Å². The highest BCUT2D eigenvalue weighted by Gasteiger charge is 2.65. The number of ether oxygens (including phenoxy) is 4. The standard InChI is InChI=1S/C15H20O6/c1-18-14(17)9-7-10-12-8(5-4-6-21-12)11(9)15(19-2,20-3)13(10)16/h7-8,10-12H,4-6H2,1-3H3. The van der Waals surface area contributed by atoms with Crippen LogP contribution >= 0.6 is 0 Å². The molecule has 4 unspecified atom stereocenters. The summed E-state index contributed by atoms with van der Waals surface area (Å²) in [5.74, 6) is -2.99. The maximum atomic E-state index is 12.8. The van der Waals surface area contributed by atoms with Crippen molar-refractivity contribution in [1.82, 2.24) is 0 Å². The minimum Gasteiger partial charge on any atom is -0.466 e. The fourth-order valence-electron chi connectivity index (χ4n) is 4.12. The number of methoxy groups -OCH3 is 3. The molecule has 1 saturated carbocycles. The second-order valence-electron chi connectivity index (χ2n) is 5.70. The van der Waals surface area contributed by atoms with Gasteiger partial charge in [0.15, 0.2) is 0 Å². The van der Waals surface area contributed by atoms with Crippen molar-refractivity contribution in [3.63, 3.8) is 0 Å². The molecule has 6 heteroatoms. The van der Waals surface area contributed by atoms with Gasteiger partial charge in [0.1, 0.15) is 0 Å². The van der Waals surface area contributed by atoms with Gasteiger partial charge in [-0.15, -0.1) is 0 Å². The zero-order valence-electron chi connectivity index (χ0n) is 12.5. The van der Waals surface area contributed by atoms with Crippen LogP contribution in [0.2, 0.25) is 0 Å².